The van der Waals surface area contributed by atoms with E-state index in [4.69, 9.17) is 4.74 Å². The minimum absolute atomic E-state index is 0.0196. The van der Waals surface area contributed by atoms with Gasteiger partial charge in [-0.05, 0) is 38.5 Å². The maximum atomic E-state index is 12.5. The van der Waals surface area contributed by atoms with E-state index in [1.54, 1.807) is 0 Å². The van der Waals surface area contributed by atoms with Crippen LogP contribution in [0.3, 0.4) is 0 Å². The van der Waals surface area contributed by atoms with Crippen molar-refractivity contribution in [3.8, 4) is 0 Å². The van der Waals surface area contributed by atoms with Crippen LogP contribution in [0.2, 0.25) is 0 Å². The van der Waals surface area contributed by atoms with E-state index in [1.807, 2.05) is 0 Å². The molecule has 0 aromatic heterocycles. The zero-order chi connectivity index (χ0) is 13.2. The third kappa shape index (κ3) is 3.25. The van der Waals surface area contributed by atoms with Crippen molar-refractivity contribution >= 4 is 5.78 Å². The van der Waals surface area contributed by atoms with Gasteiger partial charge in [-0.15, -0.1) is 0 Å². The van der Waals surface area contributed by atoms with Crippen molar-refractivity contribution in [3.05, 3.63) is 0 Å². The van der Waals surface area contributed by atoms with E-state index >= 15 is 0 Å². The Balaban J connectivity index is 1.83. The van der Waals surface area contributed by atoms with E-state index in [1.165, 1.54) is 0 Å². The first-order valence-electron chi connectivity index (χ1n) is 6.66. The molecule has 0 aromatic carbocycles. The summed E-state index contributed by atoms with van der Waals surface area (Å²) in [5, 5.41) is 0. The first kappa shape index (κ1) is 13.8. The normalized spacial score (nSPS) is 31.3. The van der Waals surface area contributed by atoms with E-state index < -0.39 is 12.1 Å². The average Bonchev–Trinajstić information content (AvgIpc) is 2.38. The number of ether oxygens (including phenoxy) is 1. The lowest BCUT2D eigenvalue weighted by atomic mass is 9.75. The number of Topliss-reactive ketones (excluding diaryl/α,β-unsaturated/α-hetero) is 1. The Kier molecular flexibility index (Phi) is 4.30. The number of carbonyl (C=O) groups excluding carboxylic acids is 1. The molecule has 1 aliphatic heterocycles. The number of carbonyl (C=O) groups is 1. The van der Waals surface area contributed by atoms with Gasteiger partial charge in [0.1, 0.15) is 5.78 Å². The fourth-order valence-corrected chi connectivity index (χ4v) is 3.02. The average molecular weight is 264 g/mol. The Morgan fingerprint density at radius 3 is 1.89 bits per heavy atom. The Hall–Kier alpha value is -0.580. The number of ketones is 1. The molecular formula is C13H19F3O2. The predicted molar refractivity (Wildman–Crippen MR) is 60.1 cm³/mol. The highest BCUT2D eigenvalue weighted by molar-refractivity contribution is 5.83. The van der Waals surface area contributed by atoms with Gasteiger partial charge in [0, 0.05) is 25.0 Å². The van der Waals surface area contributed by atoms with Crippen LogP contribution in [-0.4, -0.2) is 25.2 Å². The second-order valence-electron chi connectivity index (χ2n) is 5.38. The maximum absolute atomic E-state index is 12.5. The molecule has 1 saturated heterocycles. The molecule has 0 aromatic rings. The van der Waals surface area contributed by atoms with Crippen LogP contribution >= 0.6 is 0 Å². The van der Waals surface area contributed by atoms with Crippen molar-refractivity contribution in [3.63, 3.8) is 0 Å². The van der Waals surface area contributed by atoms with Gasteiger partial charge in [0.05, 0.1) is 5.92 Å². The van der Waals surface area contributed by atoms with E-state index in [0.717, 1.165) is 12.8 Å². The van der Waals surface area contributed by atoms with Gasteiger partial charge in [-0.3, -0.25) is 4.79 Å². The number of hydrogen-bond donors (Lipinski definition) is 0. The van der Waals surface area contributed by atoms with Crippen LogP contribution in [0.25, 0.3) is 0 Å². The molecule has 0 N–H and O–H groups in total. The lowest BCUT2D eigenvalue weighted by Crippen LogP contribution is -2.34. The number of hydrogen-bond acceptors (Lipinski definition) is 2. The van der Waals surface area contributed by atoms with Crippen LogP contribution in [0.4, 0.5) is 13.2 Å². The molecule has 2 nitrogen and oxygen atoms in total. The van der Waals surface area contributed by atoms with Crippen molar-refractivity contribution in [1.29, 1.82) is 0 Å². The summed E-state index contributed by atoms with van der Waals surface area (Å²) in [6.45, 7) is 1.21. The first-order chi connectivity index (χ1) is 8.48. The summed E-state index contributed by atoms with van der Waals surface area (Å²) in [7, 11) is 0. The molecule has 0 radical (unpaired) electrons. The summed E-state index contributed by atoms with van der Waals surface area (Å²) in [4.78, 5) is 12.2. The third-order valence-corrected chi connectivity index (χ3v) is 4.22. The van der Waals surface area contributed by atoms with Crippen molar-refractivity contribution in [2.24, 2.45) is 17.8 Å². The van der Waals surface area contributed by atoms with Gasteiger partial charge in [-0.25, -0.2) is 0 Å². The predicted octanol–water partition coefficient (Wildman–Crippen LogP) is 3.35. The van der Waals surface area contributed by atoms with Crippen LogP contribution in [0.15, 0.2) is 0 Å². The molecule has 0 atom stereocenters. The highest BCUT2D eigenvalue weighted by Crippen LogP contribution is 2.40. The molecule has 1 heterocycles. The smallest absolute Gasteiger partial charge is 0.381 e. The molecule has 2 fully saturated rings. The van der Waals surface area contributed by atoms with E-state index in [0.29, 0.717) is 26.1 Å². The van der Waals surface area contributed by atoms with Crippen molar-refractivity contribution in [2.45, 2.75) is 44.7 Å². The van der Waals surface area contributed by atoms with Crippen LogP contribution in [0.1, 0.15) is 38.5 Å². The molecule has 2 rings (SSSR count). The zero-order valence-corrected chi connectivity index (χ0v) is 10.3. The Morgan fingerprint density at radius 2 is 1.39 bits per heavy atom. The summed E-state index contributed by atoms with van der Waals surface area (Å²) in [6, 6.07) is 0. The second-order valence-corrected chi connectivity index (χ2v) is 5.38. The standard InChI is InChI=1S/C13H19F3O2/c14-13(15,16)11-3-1-9(2-4-11)12(17)10-5-7-18-8-6-10/h9-11H,1-8H2. The largest absolute Gasteiger partial charge is 0.391 e. The Labute approximate surface area is 105 Å². The zero-order valence-electron chi connectivity index (χ0n) is 10.3. The monoisotopic (exact) mass is 264 g/mol. The van der Waals surface area contributed by atoms with Crippen LogP contribution in [0.5, 0.6) is 0 Å². The van der Waals surface area contributed by atoms with E-state index in [9.17, 15) is 18.0 Å². The quantitative estimate of drug-likeness (QED) is 0.764. The minimum Gasteiger partial charge on any atom is -0.381 e. The molecule has 5 heteroatoms. The van der Waals surface area contributed by atoms with Crippen molar-refractivity contribution in [1.82, 2.24) is 0 Å². The van der Waals surface area contributed by atoms with Gasteiger partial charge in [0.15, 0.2) is 0 Å². The fourth-order valence-electron chi connectivity index (χ4n) is 3.02. The molecule has 104 valence electrons. The molecule has 0 spiro atoms. The summed E-state index contributed by atoms with van der Waals surface area (Å²) in [5.41, 5.74) is 0. The lowest BCUT2D eigenvalue weighted by Gasteiger charge is -2.31. The van der Waals surface area contributed by atoms with Gasteiger partial charge in [0.25, 0.3) is 0 Å². The summed E-state index contributed by atoms with van der Waals surface area (Å²) in [6.07, 6.45) is -1.59. The molecule has 1 saturated carbocycles. The molecule has 0 bridgehead atoms. The third-order valence-electron chi connectivity index (χ3n) is 4.22. The van der Waals surface area contributed by atoms with Gasteiger partial charge >= 0.3 is 6.18 Å². The van der Waals surface area contributed by atoms with Crippen molar-refractivity contribution in [2.75, 3.05) is 13.2 Å². The van der Waals surface area contributed by atoms with Gasteiger partial charge in [0.2, 0.25) is 0 Å². The topological polar surface area (TPSA) is 26.3 Å². The van der Waals surface area contributed by atoms with Crippen molar-refractivity contribution < 1.29 is 22.7 Å². The molecule has 0 unspecified atom stereocenters. The van der Waals surface area contributed by atoms with E-state index in [2.05, 4.69) is 0 Å². The van der Waals surface area contributed by atoms with Crippen LogP contribution in [0, 0.1) is 17.8 Å². The van der Waals surface area contributed by atoms with Gasteiger partial charge in [-0.1, -0.05) is 0 Å². The Bertz CT molecular complexity index is 287. The second kappa shape index (κ2) is 5.59. The fraction of sp³-hybridized carbons (Fsp3) is 0.923. The van der Waals surface area contributed by atoms with Crippen LogP contribution in [-0.2, 0) is 9.53 Å². The molecule has 1 aliphatic carbocycles. The summed E-state index contributed by atoms with van der Waals surface area (Å²) < 4.78 is 42.8. The van der Waals surface area contributed by atoms with E-state index in [-0.39, 0.29) is 30.5 Å². The summed E-state index contributed by atoms with van der Waals surface area (Å²) in [5.74, 6) is -1.15. The number of halogens is 3. The maximum Gasteiger partial charge on any atom is 0.391 e. The molecule has 18 heavy (non-hydrogen) atoms. The summed E-state index contributed by atoms with van der Waals surface area (Å²) >= 11 is 0. The first-order valence-corrected chi connectivity index (χ1v) is 6.66. The number of rotatable bonds is 2. The highest BCUT2D eigenvalue weighted by Gasteiger charge is 2.43. The van der Waals surface area contributed by atoms with Gasteiger partial charge in [-0.2, -0.15) is 13.2 Å². The molecular weight excluding hydrogens is 245 g/mol. The molecule has 2 aliphatic rings. The SMILES string of the molecule is O=C(C1CCOCC1)C1CCC(C(F)(F)F)CC1. The lowest BCUT2D eigenvalue weighted by molar-refractivity contribution is -0.184. The van der Waals surface area contributed by atoms with Crippen LogP contribution < -0.4 is 0 Å². The minimum atomic E-state index is -4.09. The number of alkyl halides is 3. The molecule has 0 amide bonds. The highest BCUT2D eigenvalue weighted by atomic mass is 19.4. The Morgan fingerprint density at radius 1 is 0.889 bits per heavy atom. The van der Waals surface area contributed by atoms with Gasteiger partial charge < -0.3 is 4.74 Å².